The van der Waals surface area contributed by atoms with Crippen molar-refractivity contribution in [3.8, 4) is 0 Å². The van der Waals surface area contributed by atoms with E-state index in [0.717, 1.165) is 64.5 Å². The van der Waals surface area contributed by atoms with Crippen LogP contribution < -0.4 is 10.5 Å². The topological polar surface area (TPSA) is 93.6 Å². The molecular formula is C27H32BrClN4O3. The fraction of sp³-hybridized carbons (Fsp3) is 0.519. The van der Waals surface area contributed by atoms with Gasteiger partial charge in [-0.1, -0.05) is 23.7 Å². The molecule has 1 aromatic heterocycles. The summed E-state index contributed by atoms with van der Waals surface area (Å²) in [5.41, 5.74) is 9.54. The highest BCUT2D eigenvalue weighted by Crippen LogP contribution is 2.45. The number of aromatic nitrogens is 1. The van der Waals surface area contributed by atoms with E-state index in [2.05, 4.69) is 28.1 Å². The minimum Gasteiger partial charge on any atom is -0.618 e. The van der Waals surface area contributed by atoms with Gasteiger partial charge in [-0.3, -0.25) is 4.79 Å². The number of amides is 3. The van der Waals surface area contributed by atoms with Gasteiger partial charge in [-0.15, -0.1) is 0 Å². The number of nitrogens with two attached hydrogens (primary N) is 1. The van der Waals surface area contributed by atoms with Gasteiger partial charge >= 0.3 is 6.03 Å². The fourth-order valence-corrected chi connectivity index (χ4v) is 7.14. The van der Waals surface area contributed by atoms with Gasteiger partial charge in [0.15, 0.2) is 6.20 Å². The molecule has 2 aliphatic heterocycles. The Morgan fingerprint density at radius 2 is 1.72 bits per heavy atom. The molecule has 3 aliphatic rings. The summed E-state index contributed by atoms with van der Waals surface area (Å²) >= 11 is 10.3. The first-order chi connectivity index (χ1) is 17.3. The van der Waals surface area contributed by atoms with Crippen LogP contribution in [0, 0.1) is 17.0 Å². The summed E-state index contributed by atoms with van der Waals surface area (Å²) in [6.45, 7) is 2.62. The van der Waals surface area contributed by atoms with Gasteiger partial charge in [0, 0.05) is 43.2 Å². The Labute approximate surface area is 225 Å². The average molecular weight is 576 g/mol. The van der Waals surface area contributed by atoms with Crippen molar-refractivity contribution < 1.29 is 14.3 Å². The van der Waals surface area contributed by atoms with Crippen molar-refractivity contribution >= 4 is 39.5 Å². The predicted molar refractivity (Wildman–Crippen MR) is 142 cm³/mol. The average Bonchev–Trinajstić information content (AvgIpc) is 3.02. The van der Waals surface area contributed by atoms with Crippen molar-refractivity contribution in [1.29, 1.82) is 0 Å². The number of benzene rings is 1. The number of hydrogen-bond acceptors (Lipinski definition) is 3. The Balaban J connectivity index is 1.32. The molecule has 2 N–H and O–H groups in total. The van der Waals surface area contributed by atoms with Crippen LogP contribution in [0.3, 0.4) is 0 Å². The molecular weight excluding hydrogens is 544 g/mol. The van der Waals surface area contributed by atoms with Crippen LogP contribution in [0.2, 0.25) is 5.02 Å². The molecule has 0 spiro atoms. The highest BCUT2D eigenvalue weighted by molar-refractivity contribution is 9.10. The molecule has 0 unspecified atom stereocenters. The van der Waals surface area contributed by atoms with Crippen molar-refractivity contribution in [3.63, 3.8) is 0 Å². The zero-order chi connectivity index (χ0) is 25.4. The Morgan fingerprint density at radius 1 is 1.06 bits per heavy atom. The lowest BCUT2D eigenvalue weighted by Gasteiger charge is -2.37. The van der Waals surface area contributed by atoms with Crippen molar-refractivity contribution in [2.45, 2.75) is 50.9 Å². The largest absolute Gasteiger partial charge is 0.618 e. The minimum atomic E-state index is -0.379. The molecule has 192 valence electrons. The Hall–Kier alpha value is -2.32. The van der Waals surface area contributed by atoms with Gasteiger partial charge in [0.05, 0.1) is 10.4 Å². The van der Waals surface area contributed by atoms with Crippen LogP contribution in [0.15, 0.2) is 34.9 Å². The number of carbonyl (C=O) groups is 2. The first-order valence-electron chi connectivity index (χ1n) is 12.8. The minimum absolute atomic E-state index is 0.0906. The number of aryl methyl sites for hydroxylation is 2. The molecule has 9 heteroatoms. The summed E-state index contributed by atoms with van der Waals surface area (Å²) in [5, 5.41) is 13.9. The number of rotatable bonds is 3. The van der Waals surface area contributed by atoms with Crippen LogP contribution in [0.25, 0.3) is 0 Å². The Morgan fingerprint density at radius 3 is 2.42 bits per heavy atom. The monoisotopic (exact) mass is 574 g/mol. The van der Waals surface area contributed by atoms with E-state index in [1.165, 1.54) is 5.56 Å². The summed E-state index contributed by atoms with van der Waals surface area (Å²) < 4.78 is 1.81. The molecule has 0 radical (unpaired) electrons. The number of hydrogen-bond donors (Lipinski definition) is 1. The maximum atomic E-state index is 13.2. The number of halogens is 2. The molecule has 2 fully saturated rings. The first-order valence-corrected chi connectivity index (χ1v) is 14.0. The van der Waals surface area contributed by atoms with E-state index in [1.807, 2.05) is 17.0 Å². The number of nitrogens with zero attached hydrogens (tertiary/aromatic N) is 3. The summed E-state index contributed by atoms with van der Waals surface area (Å²) in [5.74, 6) is 0.619. The smallest absolute Gasteiger partial charge is 0.314 e. The third kappa shape index (κ3) is 5.07. The summed E-state index contributed by atoms with van der Waals surface area (Å²) in [7, 11) is 0. The SMILES string of the molecule is NC(=O)N1CCC(CC(=O)N2CCC([C@@H]3c4c(Cl)cccc4CCc4cc(Br)c[n+]([O-])c43)CC2)CC1. The standard InChI is InChI=1S/C27H32BrClN4O3/c28-21-15-20-5-4-18-2-1-3-22(29)24(18)25(26(20)33(36)16-21)19-8-12-31(13-9-19)23(34)14-17-6-10-32(11-7-17)27(30)35/h1-3,15-17,19,25H,4-14H2,(H2,30,35)/t25-/m1/s1. The molecule has 0 bridgehead atoms. The van der Waals surface area contributed by atoms with Crippen molar-refractivity contribution in [3.05, 3.63) is 67.5 Å². The molecule has 1 atom stereocenters. The molecule has 2 aromatic rings. The lowest BCUT2D eigenvalue weighted by atomic mass is 9.76. The number of pyridine rings is 1. The van der Waals surface area contributed by atoms with Crippen LogP contribution in [0.4, 0.5) is 4.79 Å². The van der Waals surface area contributed by atoms with Crippen molar-refractivity contribution in [2.24, 2.45) is 17.6 Å². The maximum Gasteiger partial charge on any atom is 0.314 e. The van der Waals surface area contributed by atoms with E-state index in [4.69, 9.17) is 17.3 Å². The molecule has 2 saturated heterocycles. The van der Waals surface area contributed by atoms with Gasteiger partial charge in [-0.25, -0.2) is 4.79 Å². The fourth-order valence-electron chi connectivity index (χ4n) is 6.37. The number of primary amides is 1. The molecule has 5 rings (SSSR count). The summed E-state index contributed by atoms with van der Waals surface area (Å²) in [6.07, 6.45) is 7.06. The predicted octanol–water partition coefficient (Wildman–Crippen LogP) is 4.39. The highest BCUT2D eigenvalue weighted by atomic mass is 79.9. The van der Waals surface area contributed by atoms with E-state index in [0.29, 0.717) is 43.5 Å². The highest BCUT2D eigenvalue weighted by Gasteiger charge is 2.40. The summed E-state index contributed by atoms with van der Waals surface area (Å²) in [6, 6.07) is 7.74. The molecule has 1 aromatic carbocycles. The van der Waals surface area contributed by atoms with Crippen LogP contribution in [-0.2, 0) is 17.6 Å². The van der Waals surface area contributed by atoms with Gasteiger partial charge in [-0.05, 0) is 89.6 Å². The second kappa shape index (κ2) is 10.6. The number of carbonyl (C=O) groups excluding carboxylic acids is 2. The molecule has 3 amide bonds. The van der Waals surface area contributed by atoms with E-state index >= 15 is 0 Å². The number of fused-ring (bicyclic) bond motifs is 2. The van der Waals surface area contributed by atoms with Crippen LogP contribution in [0.1, 0.15) is 60.4 Å². The van der Waals surface area contributed by atoms with Crippen molar-refractivity contribution in [2.75, 3.05) is 26.2 Å². The number of urea groups is 1. The lowest BCUT2D eigenvalue weighted by molar-refractivity contribution is -0.616. The van der Waals surface area contributed by atoms with E-state index < -0.39 is 0 Å². The molecule has 1 aliphatic carbocycles. The maximum absolute atomic E-state index is 13.2. The van der Waals surface area contributed by atoms with Crippen LogP contribution in [0.5, 0.6) is 0 Å². The van der Waals surface area contributed by atoms with Crippen LogP contribution in [-0.4, -0.2) is 47.9 Å². The second-order valence-electron chi connectivity index (χ2n) is 10.4. The molecule has 3 heterocycles. The number of piperidine rings is 2. The van der Waals surface area contributed by atoms with E-state index in [9.17, 15) is 14.8 Å². The zero-order valence-corrected chi connectivity index (χ0v) is 22.6. The first kappa shape index (κ1) is 25.3. The lowest BCUT2D eigenvalue weighted by Crippen LogP contribution is -2.44. The van der Waals surface area contributed by atoms with E-state index in [-0.39, 0.29) is 23.8 Å². The van der Waals surface area contributed by atoms with Gasteiger partial charge in [0.25, 0.3) is 0 Å². The molecule has 0 saturated carbocycles. The quantitative estimate of drug-likeness (QED) is 0.435. The molecule has 36 heavy (non-hydrogen) atoms. The third-order valence-corrected chi connectivity index (χ3v) is 9.05. The van der Waals surface area contributed by atoms with Crippen molar-refractivity contribution in [1.82, 2.24) is 9.80 Å². The Bertz CT molecular complexity index is 1160. The molecule has 7 nitrogen and oxygen atoms in total. The third-order valence-electron chi connectivity index (χ3n) is 8.28. The van der Waals surface area contributed by atoms with Gasteiger partial charge < -0.3 is 20.7 Å². The summed E-state index contributed by atoms with van der Waals surface area (Å²) in [4.78, 5) is 28.1. The zero-order valence-electron chi connectivity index (χ0n) is 20.3. The van der Waals surface area contributed by atoms with E-state index in [1.54, 1.807) is 11.1 Å². The van der Waals surface area contributed by atoms with Gasteiger partial charge in [-0.2, -0.15) is 4.73 Å². The van der Waals surface area contributed by atoms with Gasteiger partial charge in [0.2, 0.25) is 11.6 Å². The Kier molecular flexibility index (Phi) is 7.45. The normalized spacial score (nSPS) is 21.0. The number of likely N-dealkylation sites (tertiary alicyclic amines) is 2. The van der Waals surface area contributed by atoms with Gasteiger partial charge in [0.1, 0.15) is 0 Å². The second-order valence-corrected chi connectivity index (χ2v) is 11.7. The van der Waals surface area contributed by atoms with Crippen LogP contribution >= 0.6 is 27.5 Å².